The van der Waals surface area contributed by atoms with Crippen molar-refractivity contribution in [3.05, 3.63) is 11.6 Å². The number of carbonyl (C=O) groups excluding carboxylic acids is 1. The third-order valence-corrected chi connectivity index (χ3v) is 6.17. The van der Waals surface area contributed by atoms with Crippen LogP contribution in [0, 0.1) is 11.3 Å². The fraction of sp³-hybridized carbons (Fsp3) is 0.870. The topological polar surface area (TPSA) is 29.1 Å². The SMILES string of the molecule is CCCCCCCCCC1=CCC(C)(CNCCCCC=O)C(C)C1. The van der Waals surface area contributed by atoms with Crippen LogP contribution in [0.5, 0.6) is 0 Å². The monoisotopic (exact) mass is 349 g/mol. The molecule has 0 bridgehead atoms. The summed E-state index contributed by atoms with van der Waals surface area (Å²) in [5.41, 5.74) is 2.11. The first-order chi connectivity index (χ1) is 12.1. The zero-order valence-electron chi connectivity index (χ0n) is 17.2. The summed E-state index contributed by atoms with van der Waals surface area (Å²) in [7, 11) is 0. The Hall–Kier alpha value is -0.630. The first-order valence-corrected chi connectivity index (χ1v) is 10.9. The molecule has 0 aromatic rings. The molecule has 0 aromatic heterocycles. The van der Waals surface area contributed by atoms with Gasteiger partial charge in [0.05, 0.1) is 0 Å². The van der Waals surface area contributed by atoms with Gasteiger partial charge >= 0.3 is 0 Å². The minimum atomic E-state index is 0.397. The molecular formula is C23H43NO. The molecule has 0 fully saturated rings. The number of carbonyl (C=O) groups is 1. The average Bonchev–Trinajstić information content (AvgIpc) is 2.60. The molecule has 1 aliphatic carbocycles. The first-order valence-electron chi connectivity index (χ1n) is 10.9. The van der Waals surface area contributed by atoms with Gasteiger partial charge in [0.15, 0.2) is 0 Å². The van der Waals surface area contributed by atoms with Crippen molar-refractivity contribution >= 4 is 6.29 Å². The molecule has 2 nitrogen and oxygen atoms in total. The van der Waals surface area contributed by atoms with Crippen LogP contribution in [-0.4, -0.2) is 19.4 Å². The van der Waals surface area contributed by atoms with Crippen LogP contribution in [0.25, 0.3) is 0 Å². The van der Waals surface area contributed by atoms with Crippen LogP contribution in [0.15, 0.2) is 11.6 Å². The van der Waals surface area contributed by atoms with Gasteiger partial charge < -0.3 is 10.1 Å². The third-order valence-electron chi connectivity index (χ3n) is 6.17. The Morgan fingerprint density at radius 1 is 1.12 bits per heavy atom. The van der Waals surface area contributed by atoms with Gasteiger partial charge in [-0.05, 0) is 56.4 Å². The Morgan fingerprint density at radius 2 is 1.84 bits per heavy atom. The minimum absolute atomic E-state index is 0.397. The van der Waals surface area contributed by atoms with E-state index >= 15 is 0 Å². The van der Waals surface area contributed by atoms with Gasteiger partial charge in [-0.25, -0.2) is 0 Å². The lowest BCUT2D eigenvalue weighted by molar-refractivity contribution is -0.107. The summed E-state index contributed by atoms with van der Waals surface area (Å²) in [5, 5.41) is 3.63. The third kappa shape index (κ3) is 9.58. The molecule has 1 N–H and O–H groups in total. The Kier molecular flexibility index (Phi) is 12.2. The molecule has 2 unspecified atom stereocenters. The van der Waals surface area contributed by atoms with Gasteiger partial charge in [0.25, 0.3) is 0 Å². The van der Waals surface area contributed by atoms with Crippen LogP contribution in [0.1, 0.15) is 104 Å². The summed E-state index contributed by atoms with van der Waals surface area (Å²) < 4.78 is 0. The van der Waals surface area contributed by atoms with E-state index in [-0.39, 0.29) is 0 Å². The molecule has 0 spiro atoms. The second-order valence-electron chi connectivity index (χ2n) is 8.54. The van der Waals surface area contributed by atoms with Crippen molar-refractivity contribution in [2.75, 3.05) is 13.1 Å². The fourth-order valence-corrected chi connectivity index (χ4v) is 3.91. The number of nitrogens with one attached hydrogen (secondary N) is 1. The first kappa shape index (κ1) is 22.4. The van der Waals surface area contributed by atoms with Gasteiger partial charge in [-0.2, -0.15) is 0 Å². The Balaban J connectivity index is 2.17. The van der Waals surface area contributed by atoms with E-state index < -0.39 is 0 Å². The Labute approximate surface area is 157 Å². The molecule has 2 heteroatoms. The van der Waals surface area contributed by atoms with Crippen molar-refractivity contribution in [2.45, 2.75) is 104 Å². The molecule has 0 heterocycles. The lowest BCUT2D eigenvalue weighted by Crippen LogP contribution is -2.39. The zero-order valence-corrected chi connectivity index (χ0v) is 17.2. The number of allylic oxidation sites excluding steroid dienone is 2. The maximum Gasteiger partial charge on any atom is 0.119 e. The van der Waals surface area contributed by atoms with Crippen molar-refractivity contribution in [1.29, 1.82) is 0 Å². The molecule has 25 heavy (non-hydrogen) atoms. The van der Waals surface area contributed by atoms with Crippen LogP contribution in [-0.2, 0) is 4.79 Å². The zero-order chi connectivity index (χ0) is 18.4. The van der Waals surface area contributed by atoms with E-state index in [1.807, 2.05) is 0 Å². The van der Waals surface area contributed by atoms with Gasteiger partial charge in [-0.3, -0.25) is 0 Å². The molecule has 2 atom stereocenters. The molecule has 0 saturated carbocycles. The number of rotatable bonds is 15. The number of aldehydes is 1. The predicted octanol–water partition coefficient (Wildman–Crippen LogP) is 6.45. The van der Waals surface area contributed by atoms with Gasteiger partial charge in [-0.1, -0.05) is 70.9 Å². The van der Waals surface area contributed by atoms with Gasteiger partial charge in [-0.15, -0.1) is 0 Å². The predicted molar refractivity (Wildman–Crippen MR) is 110 cm³/mol. The Bertz CT molecular complexity index is 376. The summed E-state index contributed by atoms with van der Waals surface area (Å²) in [5.74, 6) is 0.763. The maximum absolute atomic E-state index is 10.3. The van der Waals surface area contributed by atoms with E-state index in [9.17, 15) is 4.79 Å². The van der Waals surface area contributed by atoms with Crippen molar-refractivity contribution in [3.8, 4) is 0 Å². The summed E-state index contributed by atoms with van der Waals surface area (Å²) >= 11 is 0. The fourth-order valence-electron chi connectivity index (χ4n) is 3.91. The standard InChI is InChI=1S/C23H43NO/c1-4-5-6-7-8-9-11-14-22-15-16-23(3,21(2)19-22)20-24-17-12-10-13-18-25/h15,18,21,24H,4-14,16-17,19-20H2,1-3H3. The maximum atomic E-state index is 10.3. The minimum Gasteiger partial charge on any atom is -0.316 e. The van der Waals surface area contributed by atoms with E-state index in [1.54, 1.807) is 5.57 Å². The van der Waals surface area contributed by atoms with Crippen LogP contribution in [0.2, 0.25) is 0 Å². The highest BCUT2D eigenvalue weighted by atomic mass is 16.1. The summed E-state index contributed by atoms with van der Waals surface area (Å²) in [4.78, 5) is 10.3. The highest BCUT2D eigenvalue weighted by molar-refractivity contribution is 5.48. The van der Waals surface area contributed by atoms with Crippen LogP contribution in [0.3, 0.4) is 0 Å². The molecular weight excluding hydrogens is 306 g/mol. The van der Waals surface area contributed by atoms with E-state index in [1.165, 1.54) is 64.2 Å². The van der Waals surface area contributed by atoms with Gasteiger partial charge in [0, 0.05) is 13.0 Å². The van der Waals surface area contributed by atoms with E-state index in [0.29, 0.717) is 11.8 Å². The van der Waals surface area contributed by atoms with Crippen LogP contribution in [0.4, 0.5) is 0 Å². The Morgan fingerprint density at radius 3 is 2.52 bits per heavy atom. The summed E-state index contributed by atoms with van der Waals surface area (Å²) in [6.45, 7) is 9.32. The summed E-state index contributed by atoms with van der Waals surface area (Å²) in [6.07, 6.45) is 20.1. The second kappa shape index (κ2) is 13.6. The lowest BCUT2D eigenvalue weighted by Gasteiger charge is -2.39. The van der Waals surface area contributed by atoms with Crippen molar-refractivity contribution in [1.82, 2.24) is 5.32 Å². The highest BCUT2D eigenvalue weighted by Crippen LogP contribution is 2.40. The molecule has 1 rings (SSSR count). The molecule has 1 aliphatic rings. The van der Waals surface area contributed by atoms with E-state index in [4.69, 9.17) is 0 Å². The van der Waals surface area contributed by atoms with E-state index in [0.717, 1.165) is 38.1 Å². The molecule has 146 valence electrons. The largest absolute Gasteiger partial charge is 0.316 e. The smallest absolute Gasteiger partial charge is 0.119 e. The molecule has 0 amide bonds. The summed E-state index contributed by atoms with van der Waals surface area (Å²) in [6, 6.07) is 0. The highest BCUT2D eigenvalue weighted by Gasteiger charge is 2.33. The van der Waals surface area contributed by atoms with Gasteiger partial charge in [0.2, 0.25) is 0 Å². The second-order valence-corrected chi connectivity index (χ2v) is 8.54. The molecule has 0 saturated heterocycles. The quantitative estimate of drug-likeness (QED) is 0.209. The van der Waals surface area contributed by atoms with Crippen LogP contribution >= 0.6 is 0 Å². The lowest BCUT2D eigenvalue weighted by atomic mass is 9.68. The number of unbranched alkanes of at least 4 members (excludes halogenated alkanes) is 8. The van der Waals surface area contributed by atoms with Crippen molar-refractivity contribution in [3.63, 3.8) is 0 Å². The molecule has 0 radical (unpaired) electrons. The van der Waals surface area contributed by atoms with Crippen LogP contribution < -0.4 is 5.32 Å². The molecule has 0 aliphatic heterocycles. The normalized spacial score (nSPS) is 23.5. The van der Waals surface area contributed by atoms with Gasteiger partial charge in [0.1, 0.15) is 6.29 Å². The van der Waals surface area contributed by atoms with E-state index in [2.05, 4.69) is 32.2 Å². The number of hydrogen-bond donors (Lipinski definition) is 1. The van der Waals surface area contributed by atoms with Crippen molar-refractivity contribution in [2.24, 2.45) is 11.3 Å². The molecule has 0 aromatic carbocycles. The number of hydrogen-bond acceptors (Lipinski definition) is 2. The van der Waals surface area contributed by atoms with Crippen molar-refractivity contribution < 1.29 is 4.79 Å². The average molecular weight is 350 g/mol.